The van der Waals surface area contributed by atoms with Gasteiger partial charge in [-0.1, -0.05) is 41.9 Å². The van der Waals surface area contributed by atoms with E-state index in [0.717, 1.165) is 0 Å². The minimum Gasteiger partial charge on any atom is -0.467 e. The van der Waals surface area contributed by atoms with Crippen LogP contribution in [-0.2, 0) is 9.53 Å². The molecular weight excluding hydrogens is 290 g/mol. The molecule has 0 aliphatic carbocycles. The molecule has 1 unspecified atom stereocenters. The molecule has 1 aromatic heterocycles. The summed E-state index contributed by atoms with van der Waals surface area (Å²) in [4.78, 5) is 16.0. The Hall–Kier alpha value is -2.58. The molecule has 0 spiro atoms. The summed E-state index contributed by atoms with van der Waals surface area (Å²) in [6.45, 7) is 0. The molecule has 0 aliphatic heterocycles. The van der Waals surface area contributed by atoms with E-state index in [-0.39, 0.29) is 16.4 Å². The van der Waals surface area contributed by atoms with E-state index in [4.69, 9.17) is 21.6 Å². The number of nitriles is 1. The van der Waals surface area contributed by atoms with Crippen LogP contribution in [0.5, 0.6) is 0 Å². The summed E-state index contributed by atoms with van der Waals surface area (Å²) in [5.41, 5.74) is 0.996. The molecule has 21 heavy (non-hydrogen) atoms. The van der Waals surface area contributed by atoms with Gasteiger partial charge in [-0.15, -0.1) is 0 Å². The Morgan fingerprint density at radius 1 is 1.38 bits per heavy atom. The van der Waals surface area contributed by atoms with E-state index < -0.39 is 12.0 Å². The second kappa shape index (κ2) is 6.73. The van der Waals surface area contributed by atoms with Gasteiger partial charge in [0.15, 0.2) is 6.04 Å². The Morgan fingerprint density at radius 2 is 2.10 bits per heavy atom. The zero-order valence-corrected chi connectivity index (χ0v) is 12.0. The molecular formula is C15H12ClN3O2. The van der Waals surface area contributed by atoms with Gasteiger partial charge in [-0.3, -0.25) is 0 Å². The Morgan fingerprint density at radius 3 is 2.71 bits per heavy atom. The van der Waals surface area contributed by atoms with Crippen molar-refractivity contribution < 1.29 is 9.53 Å². The van der Waals surface area contributed by atoms with E-state index in [2.05, 4.69) is 10.3 Å². The van der Waals surface area contributed by atoms with Gasteiger partial charge in [0, 0.05) is 6.20 Å². The molecule has 0 amide bonds. The van der Waals surface area contributed by atoms with Crippen LogP contribution >= 0.6 is 11.6 Å². The summed E-state index contributed by atoms with van der Waals surface area (Å²) >= 11 is 6.09. The minimum absolute atomic E-state index is 0.171. The number of hydrogen-bond acceptors (Lipinski definition) is 5. The van der Waals surface area contributed by atoms with Crippen molar-refractivity contribution >= 4 is 23.4 Å². The maximum atomic E-state index is 12.0. The number of benzene rings is 1. The number of halogens is 1. The predicted molar refractivity (Wildman–Crippen MR) is 78.8 cm³/mol. The van der Waals surface area contributed by atoms with Crippen LogP contribution in [0.3, 0.4) is 0 Å². The standard InChI is InChI=1S/C15H12ClN3O2/c1-21-15(20)13(10-5-3-2-4-6-10)19-14-12(16)11(9-17)7-8-18-14/h2-8,13H,1H3,(H,18,19). The Bertz CT molecular complexity index is 683. The molecule has 0 radical (unpaired) electrons. The monoisotopic (exact) mass is 301 g/mol. The number of aromatic nitrogens is 1. The molecule has 0 saturated carbocycles. The van der Waals surface area contributed by atoms with Gasteiger partial charge in [0.25, 0.3) is 0 Å². The smallest absolute Gasteiger partial charge is 0.333 e. The fourth-order valence-corrected chi connectivity index (χ4v) is 2.02. The maximum Gasteiger partial charge on any atom is 0.333 e. The van der Waals surface area contributed by atoms with Crippen molar-refractivity contribution in [3.63, 3.8) is 0 Å². The molecule has 106 valence electrons. The van der Waals surface area contributed by atoms with E-state index in [1.807, 2.05) is 24.3 Å². The molecule has 0 bridgehead atoms. The van der Waals surface area contributed by atoms with Gasteiger partial charge < -0.3 is 10.1 Å². The Labute approximate surface area is 127 Å². The normalized spacial score (nSPS) is 11.3. The second-order valence-corrected chi connectivity index (χ2v) is 4.52. The molecule has 0 fully saturated rings. The van der Waals surface area contributed by atoms with Crippen LogP contribution in [0.25, 0.3) is 0 Å². The molecule has 1 atom stereocenters. The van der Waals surface area contributed by atoms with Crippen LogP contribution < -0.4 is 5.32 Å². The first-order chi connectivity index (χ1) is 10.2. The van der Waals surface area contributed by atoms with Gasteiger partial charge in [-0.2, -0.15) is 5.26 Å². The highest BCUT2D eigenvalue weighted by molar-refractivity contribution is 6.34. The Kier molecular flexibility index (Phi) is 4.75. The Balaban J connectivity index is 2.37. The SMILES string of the molecule is COC(=O)C(Nc1nccc(C#N)c1Cl)c1ccccc1. The lowest BCUT2D eigenvalue weighted by Crippen LogP contribution is -2.23. The van der Waals surface area contributed by atoms with Crippen molar-refractivity contribution in [2.45, 2.75) is 6.04 Å². The third-order valence-corrected chi connectivity index (χ3v) is 3.24. The number of rotatable bonds is 4. The van der Waals surface area contributed by atoms with Gasteiger partial charge in [-0.25, -0.2) is 9.78 Å². The third-order valence-electron chi connectivity index (χ3n) is 2.86. The highest BCUT2D eigenvalue weighted by Crippen LogP contribution is 2.27. The van der Waals surface area contributed by atoms with Crippen LogP contribution in [0.1, 0.15) is 17.2 Å². The molecule has 0 saturated heterocycles. The fourth-order valence-electron chi connectivity index (χ4n) is 1.81. The first-order valence-electron chi connectivity index (χ1n) is 6.11. The predicted octanol–water partition coefficient (Wildman–Crippen LogP) is 2.93. The quantitative estimate of drug-likeness (QED) is 0.879. The van der Waals surface area contributed by atoms with Crippen molar-refractivity contribution in [1.29, 1.82) is 5.26 Å². The van der Waals surface area contributed by atoms with Gasteiger partial charge >= 0.3 is 5.97 Å². The number of anilines is 1. The summed E-state index contributed by atoms with van der Waals surface area (Å²) in [7, 11) is 1.31. The lowest BCUT2D eigenvalue weighted by atomic mass is 10.1. The zero-order chi connectivity index (χ0) is 15.2. The average Bonchev–Trinajstić information content (AvgIpc) is 2.54. The topological polar surface area (TPSA) is 75.0 Å². The van der Waals surface area contributed by atoms with E-state index in [0.29, 0.717) is 5.56 Å². The highest BCUT2D eigenvalue weighted by atomic mass is 35.5. The molecule has 2 aromatic rings. The average molecular weight is 302 g/mol. The number of methoxy groups -OCH3 is 1. The number of pyridine rings is 1. The first kappa shape index (κ1) is 14.8. The molecule has 5 nitrogen and oxygen atoms in total. The summed E-state index contributed by atoms with van der Waals surface area (Å²) in [5, 5.41) is 12.1. The molecule has 0 aliphatic rings. The number of esters is 1. The van der Waals surface area contributed by atoms with E-state index >= 15 is 0 Å². The summed E-state index contributed by atoms with van der Waals surface area (Å²) in [5.74, 6) is -0.212. The van der Waals surface area contributed by atoms with Crippen LogP contribution in [0, 0.1) is 11.3 Å². The third kappa shape index (κ3) is 3.30. The summed E-state index contributed by atoms with van der Waals surface area (Å²) < 4.78 is 4.80. The summed E-state index contributed by atoms with van der Waals surface area (Å²) in [6, 6.07) is 11.8. The van der Waals surface area contributed by atoms with Gasteiger partial charge in [0.05, 0.1) is 12.7 Å². The van der Waals surface area contributed by atoms with Crippen molar-refractivity contribution in [1.82, 2.24) is 4.98 Å². The van der Waals surface area contributed by atoms with Crippen LogP contribution in [0.2, 0.25) is 5.02 Å². The molecule has 1 N–H and O–H groups in total. The molecule has 2 rings (SSSR count). The number of ether oxygens (including phenoxy) is 1. The van der Waals surface area contributed by atoms with Gasteiger partial charge in [0.1, 0.15) is 16.9 Å². The molecule has 6 heteroatoms. The lowest BCUT2D eigenvalue weighted by Gasteiger charge is -2.18. The lowest BCUT2D eigenvalue weighted by molar-refractivity contribution is -0.141. The van der Waals surface area contributed by atoms with Crippen LogP contribution in [-0.4, -0.2) is 18.1 Å². The number of nitrogens with zero attached hydrogens (tertiary/aromatic N) is 2. The number of carbonyl (C=O) groups is 1. The number of nitrogens with one attached hydrogen (secondary N) is 1. The maximum absolute atomic E-state index is 12.0. The summed E-state index contributed by atoms with van der Waals surface area (Å²) in [6.07, 6.45) is 1.45. The van der Waals surface area contributed by atoms with E-state index in [1.165, 1.54) is 19.4 Å². The molecule has 1 heterocycles. The highest BCUT2D eigenvalue weighted by Gasteiger charge is 2.23. The first-order valence-corrected chi connectivity index (χ1v) is 6.49. The van der Waals surface area contributed by atoms with Crippen LogP contribution in [0.4, 0.5) is 5.82 Å². The van der Waals surface area contributed by atoms with Crippen molar-refractivity contribution in [3.05, 3.63) is 58.7 Å². The van der Waals surface area contributed by atoms with Gasteiger partial charge in [0.2, 0.25) is 0 Å². The van der Waals surface area contributed by atoms with Crippen molar-refractivity contribution in [2.24, 2.45) is 0 Å². The van der Waals surface area contributed by atoms with E-state index in [1.54, 1.807) is 12.1 Å². The van der Waals surface area contributed by atoms with Crippen molar-refractivity contribution in [2.75, 3.05) is 12.4 Å². The van der Waals surface area contributed by atoms with Gasteiger partial charge in [-0.05, 0) is 11.6 Å². The number of carbonyl (C=O) groups excluding carboxylic acids is 1. The minimum atomic E-state index is -0.754. The fraction of sp³-hybridized carbons (Fsp3) is 0.133. The van der Waals surface area contributed by atoms with Crippen molar-refractivity contribution in [3.8, 4) is 6.07 Å². The second-order valence-electron chi connectivity index (χ2n) is 4.14. The number of hydrogen-bond donors (Lipinski definition) is 1. The largest absolute Gasteiger partial charge is 0.467 e. The van der Waals surface area contributed by atoms with Crippen LogP contribution in [0.15, 0.2) is 42.6 Å². The molecule has 1 aromatic carbocycles. The van der Waals surface area contributed by atoms with E-state index in [9.17, 15) is 4.79 Å². The zero-order valence-electron chi connectivity index (χ0n) is 11.2.